The molecule has 0 atom stereocenters. The number of hydrogen-bond acceptors (Lipinski definition) is 5. The Kier molecular flexibility index (Phi) is 6.11. The lowest BCUT2D eigenvalue weighted by Gasteiger charge is -2.13. The van der Waals surface area contributed by atoms with Crippen LogP contribution >= 0.6 is 0 Å². The van der Waals surface area contributed by atoms with Gasteiger partial charge in [-0.1, -0.05) is 0 Å². The molecule has 0 aliphatic carbocycles. The number of carbonyl (C=O) groups is 2. The molecule has 0 fully saturated rings. The summed E-state index contributed by atoms with van der Waals surface area (Å²) in [5.41, 5.74) is 0.895. The van der Waals surface area contributed by atoms with Gasteiger partial charge in [0.2, 0.25) is 0 Å². The molecule has 3 N–H and O–H groups in total. The van der Waals surface area contributed by atoms with Gasteiger partial charge in [-0.15, -0.1) is 0 Å². The number of benzene rings is 2. The van der Waals surface area contributed by atoms with E-state index < -0.39 is 17.6 Å². The third-order valence-corrected chi connectivity index (χ3v) is 3.82. The standard InChI is InChI=1S/C18H18F2N2O4/c1-21-15-8-17(14(20)5-11(15)9-23)26-4-3-10-6-16(22-2)12(18(24)25)7-13(10)19/h5-9,21-22H,3-4H2,1-2H3,(H,24,25). The Morgan fingerprint density at radius 1 is 1.12 bits per heavy atom. The Morgan fingerprint density at radius 2 is 1.81 bits per heavy atom. The molecule has 138 valence electrons. The minimum absolute atomic E-state index is 0.0347. The number of carbonyl (C=O) groups excluding carboxylic acids is 1. The van der Waals surface area contributed by atoms with E-state index in [9.17, 15) is 18.4 Å². The van der Waals surface area contributed by atoms with Gasteiger partial charge in [-0.05, 0) is 23.8 Å². The van der Waals surface area contributed by atoms with E-state index >= 15 is 0 Å². The van der Waals surface area contributed by atoms with Crippen LogP contribution in [0.15, 0.2) is 24.3 Å². The van der Waals surface area contributed by atoms with Crippen LogP contribution in [0, 0.1) is 11.6 Å². The van der Waals surface area contributed by atoms with Crippen molar-refractivity contribution in [2.24, 2.45) is 0 Å². The van der Waals surface area contributed by atoms with Crippen molar-refractivity contribution in [1.29, 1.82) is 0 Å². The Bertz CT molecular complexity index is 840. The molecule has 0 aliphatic rings. The van der Waals surface area contributed by atoms with E-state index in [1.807, 2.05) is 0 Å². The summed E-state index contributed by atoms with van der Waals surface area (Å²) in [5, 5.41) is 14.5. The molecule has 0 aliphatic heterocycles. The number of aromatic carboxylic acids is 1. The van der Waals surface area contributed by atoms with Crippen LogP contribution in [-0.4, -0.2) is 38.1 Å². The fraction of sp³-hybridized carbons (Fsp3) is 0.222. The van der Waals surface area contributed by atoms with Gasteiger partial charge in [-0.25, -0.2) is 13.6 Å². The Labute approximate surface area is 148 Å². The van der Waals surface area contributed by atoms with E-state index in [2.05, 4.69) is 10.6 Å². The summed E-state index contributed by atoms with van der Waals surface area (Å²) in [6.07, 6.45) is 0.627. The second-order valence-corrected chi connectivity index (χ2v) is 5.38. The molecule has 0 spiro atoms. The van der Waals surface area contributed by atoms with E-state index in [4.69, 9.17) is 9.84 Å². The smallest absolute Gasteiger partial charge is 0.337 e. The fourth-order valence-electron chi connectivity index (χ4n) is 2.46. The number of ether oxygens (including phenoxy) is 1. The maximum Gasteiger partial charge on any atom is 0.337 e. The first-order chi connectivity index (χ1) is 12.4. The highest BCUT2D eigenvalue weighted by Gasteiger charge is 2.15. The van der Waals surface area contributed by atoms with Gasteiger partial charge >= 0.3 is 5.97 Å². The third kappa shape index (κ3) is 4.08. The van der Waals surface area contributed by atoms with E-state index in [-0.39, 0.29) is 41.2 Å². The Balaban J connectivity index is 2.15. The predicted molar refractivity (Wildman–Crippen MR) is 93.4 cm³/mol. The minimum atomic E-state index is -1.24. The molecule has 8 heteroatoms. The van der Waals surface area contributed by atoms with Crippen molar-refractivity contribution in [2.45, 2.75) is 6.42 Å². The van der Waals surface area contributed by atoms with Gasteiger partial charge in [-0.2, -0.15) is 0 Å². The van der Waals surface area contributed by atoms with E-state index in [1.54, 1.807) is 7.05 Å². The summed E-state index contributed by atoms with van der Waals surface area (Å²) in [7, 11) is 3.12. The van der Waals surface area contributed by atoms with E-state index in [1.165, 1.54) is 19.2 Å². The van der Waals surface area contributed by atoms with Crippen LogP contribution in [0.25, 0.3) is 0 Å². The predicted octanol–water partition coefficient (Wildman–Crippen LogP) is 3.18. The molecule has 0 unspecified atom stereocenters. The zero-order chi connectivity index (χ0) is 19.3. The first kappa shape index (κ1) is 19.2. The molecule has 0 amide bonds. The molecule has 2 aromatic rings. The molecule has 0 bridgehead atoms. The van der Waals surface area contributed by atoms with Crippen LogP contribution in [0.2, 0.25) is 0 Å². The highest BCUT2D eigenvalue weighted by Crippen LogP contribution is 2.26. The molecule has 26 heavy (non-hydrogen) atoms. The molecule has 0 heterocycles. The number of aldehydes is 1. The van der Waals surface area contributed by atoms with Crippen molar-refractivity contribution in [3.05, 3.63) is 52.6 Å². The van der Waals surface area contributed by atoms with Crippen molar-refractivity contribution in [1.82, 2.24) is 0 Å². The van der Waals surface area contributed by atoms with Crippen LogP contribution in [-0.2, 0) is 6.42 Å². The summed E-state index contributed by atoms with van der Waals surface area (Å²) in [5.74, 6) is -2.70. The molecular formula is C18H18F2N2O4. The van der Waals surface area contributed by atoms with Gasteiger partial charge in [0.25, 0.3) is 0 Å². The topological polar surface area (TPSA) is 87.7 Å². The molecular weight excluding hydrogens is 346 g/mol. The molecule has 0 saturated carbocycles. The maximum atomic E-state index is 14.1. The number of halogens is 2. The van der Waals surface area contributed by atoms with E-state index in [0.29, 0.717) is 12.0 Å². The van der Waals surface area contributed by atoms with Crippen molar-refractivity contribution < 1.29 is 28.2 Å². The number of rotatable bonds is 8. The fourth-order valence-corrected chi connectivity index (χ4v) is 2.46. The van der Waals surface area contributed by atoms with Gasteiger partial charge in [0.15, 0.2) is 17.9 Å². The molecule has 6 nitrogen and oxygen atoms in total. The van der Waals surface area contributed by atoms with Crippen LogP contribution in [0.4, 0.5) is 20.2 Å². The monoisotopic (exact) mass is 364 g/mol. The summed E-state index contributed by atoms with van der Waals surface area (Å²) in [6.45, 7) is -0.0347. The second kappa shape index (κ2) is 8.28. The van der Waals surface area contributed by atoms with Crippen LogP contribution in [0.5, 0.6) is 5.75 Å². The molecule has 0 aromatic heterocycles. The zero-order valence-corrected chi connectivity index (χ0v) is 14.2. The van der Waals surface area contributed by atoms with Crippen LogP contribution in [0.3, 0.4) is 0 Å². The third-order valence-electron chi connectivity index (χ3n) is 3.82. The van der Waals surface area contributed by atoms with Gasteiger partial charge in [0.05, 0.1) is 12.2 Å². The zero-order valence-electron chi connectivity index (χ0n) is 14.2. The van der Waals surface area contributed by atoms with Gasteiger partial charge in [0, 0.05) is 43.5 Å². The van der Waals surface area contributed by atoms with Crippen molar-refractivity contribution in [2.75, 3.05) is 31.3 Å². The number of carboxylic acids is 1. The normalized spacial score (nSPS) is 10.3. The first-order valence-electron chi connectivity index (χ1n) is 7.74. The summed E-state index contributed by atoms with van der Waals surface area (Å²) >= 11 is 0. The van der Waals surface area contributed by atoms with Gasteiger partial charge < -0.3 is 20.5 Å². The largest absolute Gasteiger partial charge is 0.490 e. The minimum Gasteiger partial charge on any atom is -0.490 e. The lowest BCUT2D eigenvalue weighted by molar-refractivity contribution is 0.0697. The van der Waals surface area contributed by atoms with Gasteiger partial charge in [0.1, 0.15) is 5.82 Å². The SMILES string of the molecule is CNc1cc(OCCc2cc(NC)c(C(=O)O)cc2F)c(F)cc1C=O. The highest BCUT2D eigenvalue weighted by atomic mass is 19.1. The second-order valence-electron chi connectivity index (χ2n) is 5.38. The van der Waals surface area contributed by atoms with Gasteiger partial charge in [-0.3, -0.25) is 4.79 Å². The molecule has 0 radical (unpaired) electrons. The van der Waals surface area contributed by atoms with Crippen molar-refractivity contribution in [3.63, 3.8) is 0 Å². The number of anilines is 2. The maximum absolute atomic E-state index is 14.1. The lowest BCUT2D eigenvalue weighted by Crippen LogP contribution is -2.09. The summed E-state index contributed by atoms with van der Waals surface area (Å²) in [4.78, 5) is 22.0. The average molecular weight is 364 g/mol. The van der Waals surface area contributed by atoms with Crippen LogP contribution in [0.1, 0.15) is 26.3 Å². The lowest BCUT2D eigenvalue weighted by atomic mass is 10.1. The molecule has 2 rings (SSSR count). The summed E-state index contributed by atoms with van der Waals surface area (Å²) < 4.78 is 33.4. The quantitative estimate of drug-likeness (QED) is 0.624. The van der Waals surface area contributed by atoms with Crippen molar-refractivity contribution >= 4 is 23.6 Å². The number of hydrogen-bond donors (Lipinski definition) is 3. The molecule has 0 saturated heterocycles. The Hall–Kier alpha value is -3.16. The Morgan fingerprint density at radius 3 is 2.38 bits per heavy atom. The van der Waals surface area contributed by atoms with E-state index in [0.717, 1.165) is 12.1 Å². The molecule has 2 aromatic carbocycles. The first-order valence-corrected chi connectivity index (χ1v) is 7.74. The van der Waals surface area contributed by atoms with Crippen LogP contribution < -0.4 is 15.4 Å². The summed E-state index contributed by atoms with van der Waals surface area (Å²) in [6, 6.07) is 4.71. The number of nitrogens with one attached hydrogen (secondary N) is 2. The highest BCUT2D eigenvalue weighted by molar-refractivity contribution is 5.94. The number of carboxylic acid groups (broad SMARTS) is 1. The average Bonchev–Trinajstić information content (AvgIpc) is 2.63. The van der Waals surface area contributed by atoms with Crippen molar-refractivity contribution in [3.8, 4) is 5.75 Å².